The first-order chi connectivity index (χ1) is 11.7. The van der Waals surface area contributed by atoms with Gasteiger partial charge in [0.25, 0.3) is 0 Å². The van der Waals surface area contributed by atoms with Crippen LogP contribution in [0.25, 0.3) is 0 Å². The summed E-state index contributed by atoms with van der Waals surface area (Å²) in [5.74, 6) is 0.301. The Balaban J connectivity index is 2.04. The Hall–Kier alpha value is -1.28. The van der Waals surface area contributed by atoms with Crippen LogP contribution in [0.2, 0.25) is 0 Å². The quantitative estimate of drug-likeness (QED) is 0.791. The summed E-state index contributed by atoms with van der Waals surface area (Å²) in [7, 11) is 0. The third-order valence-corrected chi connectivity index (χ3v) is 4.89. The van der Waals surface area contributed by atoms with Crippen LogP contribution in [0.5, 0.6) is 0 Å². The summed E-state index contributed by atoms with van der Waals surface area (Å²) < 4.78 is 79.6. The van der Waals surface area contributed by atoms with Crippen LogP contribution in [0, 0.1) is 5.92 Å². The first-order valence-corrected chi connectivity index (χ1v) is 8.39. The highest BCUT2D eigenvalue weighted by Crippen LogP contribution is 2.45. The summed E-state index contributed by atoms with van der Waals surface area (Å²) in [5, 5.41) is 3.13. The number of rotatable bonds is 4. The van der Waals surface area contributed by atoms with Gasteiger partial charge in [-0.05, 0) is 36.1 Å². The van der Waals surface area contributed by atoms with Gasteiger partial charge in [0, 0.05) is 32.2 Å². The molecule has 1 heterocycles. The summed E-state index contributed by atoms with van der Waals surface area (Å²) in [6, 6.07) is 1.18. The Morgan fingerprint density at radius 3 is 2.16 bits per heavy atom. The summed E-state index contributed by atoms with van der Waals surface area (Å²) in [4.78, 5) is 1.89. The van der Waals surface area contributed by atoms with E-state index in [-0.39, 0.29) is 5.56 Å². The molecule has 1 aromatic rings. The zero-order valence-electron chi connectivity index (χ0n) is 13.6. The molecule has 3 rings (SSSR count). The van der Waals surface area contributed by atoms with Crippen LogP contribution in [0.15, 0.2) is 18.2 Å². The fourth-order valence-corrected chi connectivity index (χ4v) is 3.41. The lowest BCUT2D eigenvalue weighted by molar-refractivity contribution is -0.142. The molecular formula is C17H20F6N2. The number of halogens is 6. The molecule has 1 aromatic carbocycles. The lowest BCUT2D eigenvalue weighted by Gasteiger charge is -2.36. The molecule has 1 aliphatic carbocycles. The van der Waals surface area contributed by atoms with Gasteiger partial charge in [0.1, 0.15) is 0 Å². The first-order valence-electron chi connectivity index (χ1n) is 8.39. The predicted octanol–water partition coefficient (Wildman–Crippen LogP) is 4.47. The minimum absolute atomic E-state index is 0.240. The molecule has 0 amide bonds. The van der Waals surface area contributed by atoms with E-state index in [1.807, 2.05) is 4.90 Å². The van der Waals surface area contributed by atoms with Gasteiger partial charge in [-0.25, -0.2) is 0 Å². The summed E-state index contributed by atoms with van der Waals surface area (Å²) >= 11 is 0. The number of nitrogens with one attached hydrogen (secondary N) is 1. The van der Waals surface area contributed by atoms with E-state index in [2.05, 4.69) is 5.32 Å². The zero-order valence-corrected chi connectivity index (χ0v) is 13.6. The van der Waals surface area contributed by atoms with E-state index < -0.39 is 29.5 Å². The van der Waals surface area contributed by atoms with Gasteiger partial charge in [-0.3, -0.25) is 4.90 Å². The van der Waals surface area contributed by atoms with Crippen molar-refractivity contribution in [2.24, 2.45) is 5.92 Å². The Bertz CT molecular complexity index is 600. The van der Waals surface area contributed by atoms with Gasteiger partial charge in [-0.2, -0.15) is 26.3 Å². The molecule has 25 heavy (non-hydrogen) atoms. The average molecular weight is 366 g/mol. The van der Waals surface area contributed by atoms with Crippen LogP contribution in [-0.2, 0) is 12.4 Å². The number of hydrogen-bond donors (Lipinski definition) is 1. The molecule has 0 aromatic heterocycles. The molecule has 2 nitrogen and oxygen atoms in total. The summed E-state index contributed by atoms with van der Waals surface area (Å²) in [6.45, 7) is 2.32. The van der Waals surface area contributed by atoms with Gasteiger partial charge < -0.3 is 5.32 Å². The molecule has 8 heteroatoms. The third-order valence-electron chi connectivity index (χ3n) is 4.89. The molecule has 140 valence electrons. The normalized spacial score (nSPS) is 21.4. The monoisotopic (exact) mass is 366 g/mol. The van der Waals surface area contributed by atoms with Crippen molar-refractivity contribution in [3.8, 4) is 0 Å². The minimum atomic E-state index is -4.67. The maximum absolute atomic E-state index is 13.4. The van der Waals surface area contributed by atoms with Crippen molar-refractivity contribution in [1.82, 2.24) is 10.2 Å². The Morgan fingerprint density at radius 2 is 1.64 bits per heavy atom. The van der Waals surface area contributed by atoms with Crippen LogP contribution in [0.3, 0.4) is 0 Å². The predicted molar refractivity (Wildman–Crippen MR) is 81.0 cm³/mol. The standard InChI is InChI=1S/C17H20F6N2/c18-16(19,20)12-3-4-14(17(21,22)23)13(10-12)15(9-11-1-2-11)25-7-5-24-6-8-25/h3-4,10-11,15,24H,1-2,5-9H2/t15-/m0/s1. The number of nitrogens with zero attached hydrogens (tertiary/aromatic N) is 1. The topological polar surface area (TPSA) is 15.3 Å². The Kier molecular flexibility index (Phi) is 5.03. The highest BCUT2D eigenvalue weighted by atomic mass is 19.4. The molecule has 1 atom stereocenters. The largest absolute Gasteiger partial charge is 0.416 e. The van der Waals surface area contributed by atoms with Crippen molar-refractivity contribution in [3.05, 3.63) is 34.9 Å². The number of hydrogen-bond acceptors (Lipinski definition) is 2. The SMILES string of the molecule is FC(F)(F)c1ccc(C(F)(F)F)c([C@H](CC2CC2)N2CCNCC2)c1. The molecule has 0 spiro atoms. The molecule has 0 bridgehead atoms. The van der Waals surface area contributed by atoms with E-state index in [0.717, 1.165) is 12.8 Å². The third kappa shape index (κ3) is 4.47. The summed E-state index contributed by atoms with van der Waals surface area (Å²) in [6.07, 6.45) is -6.99. The smallest absolute Gasteiger partial charge is 0.314 e. The van der Waals surface area contributed by atoms with E-state index in [0.29, 0.717) is 56.7 Å². The van der Waals surface area contributed by atoms with Crippen molar-refractivity contribution in [3.63, 3.8) is 0 Å². The lowest BCUT2D eigenvalue weighted by atomic mass is 9.92. The van der Waals surface area contributed by atoms with Gasteiger partial charge >= 0.3 is 12.4 Å². The van der Waals surface area contributed by atoms with Gasteiger partial charge in [0.15, 0.2) is 0 Å². The molecule has 1 saturated carbocycles. The van der Waals surface area contributed by atoms with Crippen LogP contribution in [0.1, 0.15) is 42.0 Å². The van der Waals surface area contributed by atoms with E-state index in [4.69, 9.17) is 0 Å². The second kappa shape index (κ2) is 6.79. The second-order valence-corrected chi connectivity index (χ2v) is 6.78. The molecule has 2 fully saturated rings. The van der Waals surface area contributed by atoms with Crippen molar-refractivity contribution < 1.29 is 26.3 Å². The van der Waals surface area contributed by atoms with Gasteiger partial charge in [0.05, 0.1) is 11.1 Å². The highest BCUT2D eigenvalue weighted by molar-refractivity contribution is 5.38. The lowest BCUT2D eigenvalue weighted by Crippen LogP contribution is -2.45. The Morgan fingerprint density at radius 1 is 1.00 bits per heavy atom. The zero-order chi connectivity index (χ0) is 18.2. The fraction of sp³-hybridized carbons (Fsp3) is 0.647. The second-order valence-electron chi connectivity index (χ2n) is 6.78. The molecule has 2 aliphatic rings. The maximum atomic E-state index is 13.4. The molecule has 1 N–H and O–H groups in total. The molecule has 1 aliphatic heterocycles. The maximum Gasteiger partial charge on any atom is 0.416 e. The highest BCUT2D eigenvalue weighted by Gasteiger charge is 2.41. The van der Waals surface area contributed by atoms with Crippen LogP contribution < -0.4 is 5.32 Å². The van der Waals surface area contributed by atoms with Crippen LogP contribution in [0.4, 0.5) is 26.3 Å². The number of alkyl halides is 6. The van der Waals surface area contributed by atoms with Gasteiger partial charge in [0.2, 0.25) is 0 Å². The molecular weight excluding hydrogens is 346 g/mol. The molecule has 0 radical (unpaired) electrons. The van der Waals surface area contributed by atoms with Crippen molar-refractivity contribution >= 4 is 0 Å². The van der Waals surface area contributed by atoms with Crippen LogP contribution in [-0.4, -0.2) is 31.1 Å². The first kappa shape index (κ1) is 18.5. The molecule has 1 saturated heterocycles. The van der Waals surface area contributed by atoms with E-state index >= 15 is 0 Å². The fourth-order valence-electron chi connectivity index (χ4n) is 3.41. The number of piperazine rings is 1. The van der Waals surface area contributed by atoms with Crippen molar-refractivity contribution in [2.75, 3.05) is 26.2 Å². The minimum Gasteiger partial charge on any atom is -0.314 e. The number of benzene rings is 1. The van der Waals surface area contributed by atoms with E-state index in [1.165, 1.54) is 0 Å². The van der Waals surface area contributed by atoms with Gasteiger partial charge in [-0.15, -0.1) is 0 Å². The summed E-state index contributed by atoms with van der Waals surface area (Å²) in [5.41, 5.74) is -2.22. The molecule has 0 unspecified atom stereocenters. The average Bonchev–Trinajstić information content (AvgIpc) is 3.35. The van der Waals surface area contributed by atoms with Crippen LogP contribution >= 0.6 is 0 Å². The van der Waals surface area contributed by atoms with E-state index in [9.17, 15) is 26.3 Å². The van der Waals surface area contributed by atoms with E-state index in [1.54, 1.807) is 0 Å². The van der Waals surface area contributed by atoms with Crippen molar-refractivity contribution in [1.29, 1.82) is 0 Å². The van der Waals surface area contributed by atoms with Gasteiger partial charge in [-0.1, -0.05) is 12.8 Å². The Labute approximate surface area is 142 Å². The van der Waals surface area contributed by atoms with Crippen molar-refractivity contribution in [2.45, 2.75) is 37.7 Å².